The van der Waals surface area contributed by atoms with Gasteiger partial charge in [0.15, 0.2) is 0 Å². The number of rotatable bonds is 7. The minimum absolute atomic E-state index is 0.234. The van der Waals surface area contributed by atoms with E-state index in [1.165, 1.54) is 31.2 Å². The zero-order valence-electron chi connectivity index (χ0n) is 12.8. The van der Waals surface area contributed by atoms with Crippen molar-refractivity contribution in [2.75, 3.05) is 6.61 Å². The SMILES string of the molecule is CCCCC(CC)CC(O)C1CCOc2ccccc21. The minimum atomic E-state index is -0.234. The van der Waals surface area contributed by atoms with Crippen molar-refractivity contribution in [2.45, 2.75) is 64.4 Å². The van der Waals surface area contributed by atoms with Crippen LogP contribution in [-0.4, -0.2) is 17.8 Å². The van der Waals surface area contributed by atoms with Crippen LogP contribution in [0.15, 0.2) is 24.3 Å². The summed E-state index contributed by atoms with van der Waals surface area (Å²) < 4.78 is 5.69. The summed E-state index contributed by atoms with van der Waals surface area (Å²) in [6.07, 6.45) is 6.55. The van der Waals surface area contributed by atoms with Gasteiger partial charge >= 0.3 is 0 Å². The summed E-state index contributed by atoms with van der Waals surface area (Å²) in [6.45, 7) is 5.20. The molecular weight excluding hydrogens is 248 g/mol. The lowest BCUT2D eigenvalue weighted by atomic mass is 9.82. The Bertz CT molecular complexity index is 402. The third-order valence-corrected chi connectivity index (χ3v) is 4.59. The number of hydrogen-bond acceptors (Lipinski definition) is 2. The van der Waals surface area contributed by atoms with Crippen LogP contribution in [0.5, 0.6) is 5.75 Å². The van der Waals surface area contributed by atoms with Crippen LogP contribution in [0.3, 0.4) is 0 Å². The maximum Gasteiger partial charge on any atom is 0.122 e. The van der Waals surface area contributed by atoms with Gasteiger partial charge in [-0.25, -0.2) is 0 Å². The second-order valence-electron chi connectivity index (χ2n) is 6.00. The molecule has 0 saturated heterocycles. The standard InChI is InChI=1S/C18H28O2/c1-3-5-8-14(4-2)13-17(19)15-11-12-20-18-10-7-6-9-16(15)18/h6-7,9-10,14-15,17,19H,3-5,8,11-13H2,1-2H3. The molecule has 1 aromatic carbocycles. The zero-order valence-corrected chi connectivity index (χ0v) is 12.8. The predicted octanol–water partition coefficient (Wildman–Crippen LogP) is 4.52. The summed E-state index contributed by atoms with van der Waals surface area (Å²) in [4.78, 5) is 0. The molecule has 3 unspecified atom stereocenters. The van der Waals surface area contributed by atoms with E-state index < -0.39 is 0 Å². The maximum absolute atomic E-state index is 10.7. The van der Waals surface area contributed by atoms with Crippen molar-refractivity contribution in [3.05, 3.63) is 29.8 Å². The van der Waals surface area contributed by atoms with Gasteiger partial charge in [0, 0.05) is 5.92 Å². The van der Waals surface area contributed by atoms with Crippen LogP contribution >= 0.6 is 0 Å². The number of ether oxygens (including phenoxy) is 1. The first-order valence-electron chi connectivity index (χ1n) is 8.16. The topological polar surface area (TPSA) is 29.5 Å². The average Bonchev–Trinajstić information content (AvgIpc) is 2.50. The van der Waals surface area contributed by atoms with Gasteiger partial charge in [0.1, 0.15) is 5.75 Å². The molecule has 0 aliphatic carbocycles. The zero-order chi connectivity index (χ0) is 14.4. The summed E-state index contributed by atoms with van der Waals surface area (Å²) in [6, 6.07) is 8.17. The Hall–Kier alpha value is -1.02. The monoisotopic (exact) mass is 276 g/mol. The van der Waals surface area contributed by atoms with Crippen molar-refractivity contribution in [2.24, 2.45) is 5.92 Å². The first kappa shape index (κ1) is 15.4. The molecule has 0 aromatic heterocycles. The molecule has 1 aliphatic rings. The fraction of sp³-hybridized carbons (Fsp3) is 0.667. The van der Waals surface area contributed by atoms with Crippen molar-refractivity contribution < 1.29 is 9.84 Å². The van der Waals surface area contributed by atoms with Gasteiger partial charge in [0.2, 0.25) is 0 Å². The molecule has 1 N–H and O–H groups in total. The highest BCUT2D eigenvalue weighted by Crippen LogP contribution is 2.37. The van der Waals surface area contributed by atoms with Crippen LogP contribution in [0, 0.1) is 5.92 Å². The van der Waals surface area contributed by atoms with Gasteiger partial charge in [-0.1, -0.05) is 57.7 Å². The van der Waals surface area contributed by atoms with E-state index in [4.69, 9.17) is 4.74 Å². The smallest absolute Gasteiger partial charge is 0.122 e. The van der Waals surface area contributed by atoms with Crippen molar-refractivity contribution in [3.8, 4) is 5.75 Å². The lowest BCUT2D eigenvalue weighted by Gasteiger charge is -2.31. The minimum Gasteiger partial charge on any atom is -0.493 e. The van der Waals surface area contributed by atoms with E-state index in [0.29, 0.717) is 5.92 Å². The van der Waals surface area contributed by atoms with Gasteiger partial charge in [-0.15, -0.1) is 0 Å². The summed E-state index contributed by atoms with van der Waals surface area (Å²) in [5.41, 5.74) is 1.19. The van der Waals surface area contributed by atoms with E-state index in [9.17, 15) is 5.11 Å². The maximum atomic E-state index is 10.7. The van der Waals surface area contributed by atoms with Crippen molar-refractivity contribution in [1.29, 1.82) is 0 Å². The van der Waals surface area contributed by atoms with Crippen LogP contribution in [-0.2, 0) is 0 Å². The van der Waals surface area contributed by atoms with E-state index in [1.54, 1.807) is 0 Å². The Morgan fingerprint density at radius 2 is 2.10 bits per heavy atom. The Kier molecular flexibility index (Phi) is 5.90. The van der Waals surface area contributed by atoms with E-state index in [2.05, 4.69) is 19.9 Å². The molecule has 2 nitrogen and oxygen atoms in total. The van der Waals surface area contributed by atoms with Gasteiger partial charge in [-0.05, 0) is 30.4 Å². The van der Waals surface area contributed by atoms with Gasteiger partial charge in [-0.2, -0.15) is 0 Å². The predicted molar refractivity (Wildman–Crippen MR) is 83.2 cm³/mol. The molecule has 0 fully saturated rings. The number of unbranched alkanes of at least 4 members (excludes halogenated alkanes) is 1. The Balaban J connectivity index is 2.00. The molecule has 1 aromatic rings. The molecule has 1 heterocycles. The highest BCUT2D eigenvalue weighted by Gasteiger charge is 2.28. The first-order valence-corrected chi connectivity index (χ1v) is 8.16. The van der Waals surface area contributed by atoms with Crippen molar-refractivity contribution in [1.82, 2.24) is 0 Å². The van der Waals surface area contributed by atoms with E-state index in [0.717, 1.165) is 25.2 Å². The van der Waals surface area contributed by atoms with Crippen molar-refractivity contribution >= 4 is 0 Å². The molecule has 0 radical (unpaired) electrons. The molecule has 0 spiro atoms. The third kappa shape index (κ3) is 3.76. The highest BCUT2D eigenvalue weighted by atomic mass is 16.5. The number of aliphatic hydroxyl groups excluding tert-OH is 1. The summed E-state index contributed by atoms with van der Waals surface area (Å²) in [5.74, 6) is 1.86. The second kappa shape index (κ2) is 7.68. The van der Waals surface area contributed by atoms with Crippen LogP contribution < -0.4 is 4.74 Å². The second-order valence-corrected chi connectivity index (χ2v) is 6.00. The van der Waals surface area contributed by atoms with Crippen LogP contribution in [0.25, 0.3) is 0 Å². The van der Waals surface area contributed by atoms with E-state index >= 15 is 0 Å². The molecule has 20 heavy (non-hydrogen) atoms. The molecule has 2 rings (SSSR count). The molecule has 0 bridgehead atoms. The highest BCUT2D eigenvalue weighted by molar-refractivity contribution is 5.38. The fourth-order valence-electron chi connectivity index (χ4n) is 3.26. The van der Waals surface area contributed by atoms with Crippen LogP contribution in [0.4, 0.5) is 0 Å². The number of para-hydroxylation sites is 1. The van der Waals surface area contributed by atoms with Crippen LogP contribution in [0.2, 0.25) is 0 Å². The Morgan fingerprint density at radius 3 is 2.85 bits per heavy atom. The third-order valence-electron chi connectivity index (χ3n) is 4.59. The average molecular weight is 276 g/mol. The number of benzene rings is 1. The summed E-state index contributed by atoms with van der Waals surface area (Å²) >= 11 is 0. The van der Waals surface area contributed by atoms with Gasteiger partial charge < -0.3 is 9.84 Å². The fourth-order valence-corrected chi connectivity index (χ4v) is 3.26. The summed E-state index contributed by atoms with van der Waals surface area (Å²) in [7, 11) is 0. The van der Waals surface area contributed by atoms with Gasteiger partial charge in [0.05, 0.1) is 12.7 Å². The quantitative estimate of drug-likeness (QED) is 0.793. The van der Waals surface area contributed by atoms with Crippen molar-refractivity contribution in [3.63, 3.8) is 0 Å². The summed E-state index contributed by atoms with van der Waals surface area (Å²) in [5, 5.41) is 10.7. The lowest BCUT2D eigenvalue weighted by Crippen LogP contribution is -2.27. The molecule has 112 valence electrons. The number of aliphatic hydroxyl groups is 1. The molecule has 1 aliphatic heterocycles. The lowest BCUT2D eigenvalue weighted by molar-refractivity contribution is 0.0896. The Morgan fingerprint density at radius 1 is 1.30 bits per heavy atom. The molecule has 3 atom stereocenters. The van der Waals surface area contributed by atoms with E-state index in [1.807, 2.05) is 18.2 Å². The first-order chi connectivity index (χ1) is 9.76. The van der Waals surface area contributed by atoms with E-state index in [-0.39, 0.29) is 12.0 Å². The van der Waals surface area contributed by atoms with Gasteiger partial charge in [0.25, 0.3) is 0 Å². The normalized spacial score (nSPS) is 20.9. The molecule has 0 amide bonds. The van der Waals surface area contributed by atoms with Crippen LogP contribution in [0.1, 0.15) is 63.9 Å². The number of hydrogen-bond donors (Lipinski definition) is 1. The molecule has 0 saturated carbocycles. The molecule has 2 heteroatoms. The number of fused-ring (bicyclic) bond motifs is 1. The largest absolute Gasteiger partial charge is 0.493 e. The molecular formula is C18H28O2. The Labute approximate surface area is 123 Å². The van der Waals surface area contributed by atoms with Gasteiger partial charge in [-0.3, -0.25) is 0 Å².